The largest absolute Gasteiger partial charge is 0.455 e. The molecule has 1 aliphatic carbocycles. The third-order valence-electron chi connectivity index (χ3n) is 16.7. The third-order valence-corrected chi connectivity index (χ3v) is 16.7. The lowest BCUT2D eigenvalue weighted by atomic mass is 9.94. The topological polar surface area (TPSA) is 66.0 Å². The number of hydrogen-bond donors (Lipinski definition) is 0. The zero-order valence-electron chi connectivity index (χ0n) is 49.8. The maximum Gasteiger partial charge on any atom is 0.212 e. The highest BCUT2D eigenvalue weighted by Crippen LogP contribution is 2.53. The zero-order chi connectivity index (χ0) is 59.8. The summed E-state index contributed by atoms with van der Waals surface area (Å²) in [5.41, 5.74) is 15.5. The molecule has 0 radical (unpaired) electrons. The van der Waals surface area contributed by atoms with Crippen LogP contribution >= 0.6 is 0 Å². The number of aromatic nitrogens is 5. The number of fused-ring (bicyclic) bond motifs is 14. The molecule has 7 heteroatoms. The molecule has 7 nitrogen and oxygen atoms in total. The van der Waals surface area contributed by atoms with E-state index < -0.39 is 30.2 Å². The van der Waals surface area contributed by atoms with Crippen LogP contribution in [0.1, 0.15) is 18.0 Å². The number of nitrogens with zero attached hydrogens (tertiary/aromatic N) is 6. The van der Waals surface area contributed by atoms with E-state index in [0.29, 0.717) is 51.5 Å². The minimum absolute atomic E-state index is 0.104. The van der Waals surface area contributed by atoms with Crippen LogP contribution in [0.2, 0.25) is 0 Å². The summed E-state index contributed by atoms with van der Waals surface area (Å²) in [4.78, 5) is 20.4. The van der Waals surface area contributed by atoms with Crippen LogP contribution in [-0.4, -0.2) is 24.1 Å². The molecule has 0 N–H and O–H groups in total. The van der Waals surface area contributed by atoms with Gasteiger partial charge in [0.25, 0.3) is 0 Å². The Morgan fingerprint density at radius 2 is 0.940 bits per heavy atom. The van der Waals surface area contributed by atoms with Crippen molar-refractivity contribution in [1.29, 1.82) is 0 Å². The maximum atomic E-state index is 10.2. The second kappa shape index (κ2) is 18.8. The summed E-state index contributed by atoms with van der Waals surface area (Å²) in [5.74, 6) is 0.936. The van der Waals surface area contributed by atoms with Gasteiger partial charge in [0.15, 0.2) is 17.5 Å². The van der Waals surface area contributed by atoms with Crippen LogP contribution < -0.4 is 0 Å². The van der Waals surface area contributed by atoms with E-state index in [4.69, 9.17) is 20.7 Å². The van der Waals surface area contributed by atoms with Crippen molar-refractivity contribution in [1.82, 2.24) is 24.1 Å². The van der Waals surface area contributed by atoms with Gasteiger partial charge >= 0.3 is 0 Å². The molecule has 12 aromatic carbocycles. The molecule has 4 heterocycles. The second-order valence-electron chi connectivity index (χ2n) is 21.3. The Kier molecular flexibility index (Phi) is 9.51. The minimum atomic E-state index is -0.552. The first-order valence-electron chi connectivity index (χ1n) is 30.4. The van der Waals surface area contributed by atoms with Gasteiger partial charge in [-0.3, -0.25) is 0 Å². The molecule has 0 bridgehead atoms. The molecule has 4 aromatic heterocycles. The van der Waals surface area contributed by atoms with Crippen molar-refractivity contribution in [2.45, 2.75) is 6.42 Å². The van der Waals surface area contributed by atoms with Gasteiger partial charge < -0.3 is 13.6 Å². The average Bonchev–Trinajstić information content (AvgIpc) is 1.61. The molecule has 390 valence electrons. The van der Waals surface area contributed by atoms with E-state index in [9.17, 15) is 12.1 Å². The Hall–Kier alpha value is -11.5. The van der Waals surface area contributed by atoms with E-state index in [2.05, 4.69) is 113 Å². The van der Waals surface area contributed by atoms with Gasteiger partial charge in [0.1, 0.15) is 11.2 Å². The number of furan rings is 1. The fourth-order valence-corrected chi connectivity index (χ4v) is 13.0. The molecule has 0 atom stereocenters. The molecule has 0 spiro atoms. The van der Waals surface area contributed by atoms with Crippen LogP contribution in [0.15, 0.2) is 271 Å². The van der Waals surface area contributed by atoms with E-state index in [1.807, 2.05) is 138 Å². The summed E-state index contributed by atoms with van der Waals surface area (Å²) >= 11 is 0. The van der Waals surface area contributed by atoms with E-state index in [1.54, 1.807) is 0 Å². The smallest absolute Gasteiger partial charge is 0.212 e. The predicted molar refractivity (Wildman–Crippen MR) is 343 cm³/mol. The Labute approximate surface area is 490 Å². The molecular weight excluding hydrogens is 1020 g/mol. The first kappa shape index (κ1) is 42.4. The minimum Gasteiger partial charge on any atom is -0.455 e. The fraction of sp³-hybridized carbons (Fsp3) is 0.0130. The molecule has 0 amide bonds. The Morgan fingerprint density at radius 1 is 0.405 bits per heavy atom. The summed E-state index contributed by atoms with van der Waals surface area (Å²) in [6.07, 6.45) is 0.652. The summed E-state index contributed by atoms with van der Waals surface area (Å²) in [7, 11) is 0. The average molecular weight is 1080 g/mol. The molecular formula is C77H46N6O. The van der Waals surface area contributed by atoms with Crippen LogP contribution in [-0.2, 0) is 6.42 Å². The molecule has 84 heavy (non-hydrogen) atoms. The Morgan fingerprint density at radius 3 is 1.60 bits per heavy atom. The highest BCUT2D eigenvalue weighted by Gasteiger charge is 2.32. The van der Waals surface area contributed by atoms with Crippen LogP contribution in [0.4, 0.5) is 5.69 Å². The molecule has 0 unspecified atom stereocenters. The zero-order valence-corrected chi connectivity index (χ0v) is 44.8. The fourth-order valence-electron chi connectivity index (χ4n) is 13.0. The van der Waals surface area contributed by atoms with E-state index >= 15 is 0 Å². The van der Waals surface area contributed by atoms with Crippen molar-refractivity contribution in [3.8, 4) is 90.0 Å². The van der Waals surface area contributed by atoms with Crippen molar-refractivity contribution in [3.05, 3.63) is 289 Å². The molecule has 16 aromatic rings. The number of hydrogen-bond acceptors (Lipinski definition) is 4. The van der Waals surface area contributed by atoms with Gasteiger partial charge in [-0.15, -0.1) is 0 Å². The Balaban J connectivity index is 1.11. The van der Waals surface area contributed by atoms with E-state index in [0.717, 1.165) is 93.4 Å². The summed E-state index contributed by atoms with van der Waals surface area (Å²) in [6.45, 7) is 9.55. The predicted octanol–water partition coefficient (Wildman–Crippen LogP) is 20.1. The van der Waals surface area contributed by atoms with Crippen molar-refractivity contribution >= 4 is 71.2 Å². The molecule has 0 aliphatic heterocycles. The maximum absolute atomic E-state index is 10.2. The number of benzene rings is 12. The van der Waals surface area contributed by atoms with Gasteiger partial charge in [-0.1, -0.05) is 212 Å². The van der Waals surface area contributed by atoms with Crippen LogP contribution in [0.5, 0.6) is 0 Å². The normalized spacial score (nSPS) is 12.8. The third kappa shape index (κ3) is 7.27. The van der Waals surface area contributed by atoms with Crippen molar-refractivity contribution in [2.24, 2.45) is 0 Å². The number of para-hydroxylation sites is 1. The molecule has 0 fully saturated rings. The van der Waals surface area contributed by atoms with Crippen molar-refractivity contribution < 1.29 is 11.3 Å². The first-order valence-corrected chi connectivity index (χ1v) is 27.9. The summed E-state index contributed by atoms with van der Waals surface area (Å²) < 4.78 is 59.8. The standard InChI is InChI=1S/C77H46N6O/c1-78-63-46-62(77-80-75(50-27-13-5-14-28-50)79-76(81-77)51-29-15-6-16-30-51)72(82-64-39-35-52(47-21-7-2-8-22-47)43-60(64)70-59-45-54-31-17-18-32-55(54)56(59)37-41-66(70)82)69(49-25-11-4-12-26-49)73(63)83-65-40-36-53(48-23-9-3-10-24-48)44-61(65)71-67(83)42-38-58-57-33-19-20-34-68(57)84-74(58)71/h2-44,46H,45H2/i4D,11D,12D,25D,26D. The van der Waals surface area contributed by atoms with E-state index in [-0.39, 0.29) is 28.3 Å². The highest BCUT2D eigenvalue weighted by atomic mass is 16.3. The first-order chi connectivity index (χ1) is 43.7. The molecule has 1 aliphatic rings. The molecule has 0 saturated heterocycles. The van der Waals surface area contributed by atoms with Gasteiger partial charge in [0, 0.05) is 49.2 Å². The SMILES string of the molecule is [2H]c1c([2H])c([2H])c(-c2c(-n3c4ccc(-c5ccccc5)cc4c4c5c(ccc43)-c3ccccc3C5)c(-c3nc(-c4ccccc4)nc(-c4ccccc4)n3)cc([N+]#[C-])c2-n2c3ccc(-c4ccccc4)cc3c3c4oc5ccccc5c4ccc32)c([2H])c1[2H]. The van der Waals surface area contributed by atoms with Gasteiger partial charge in [-0.2, -0.15) is 0 Å². The monoisotopic (exact) mass is 1080 g/mol. The van der Waals surface area contributed by atoms with Crippen molar-refractivity contribution in [2.75, 3.05) is 0 Å². The lowest BCUT2D eigenvalue weighted by Gasteiger charge is -2.25. The second-order valence-corrected chi connectivity index (χ2v) is 21.3. The van der Waals surface area contributed by atoms with Gasteiger partial charge in [-0.05, 0) is 111 Å². The summed E-state index contributed by atoms with van der Waals surface area (Å²) in [5, 5.41) is 5.36. The van der Waals surface area contributed by atoms with Crippen LogP contribution in [0.3, 0.4) is 0 Å². The van der Waals surface area contributed by atoms with Crippen molar-refractivity contribution in [3.63, 3.8) is 0 Å². The quantitative estimate of drug-likeness (QED) is 0.142. The van der Waals surface area contributed by atoms with Crippen LogP contribution in [0, 0.1) is 6.57 Å². The van der Waals surface area contributed by atoms with Gasteiger partial charge in [0.2, 0.25) is 5.69 Å². The van der Waals surface area contributed by atoms with Gasteiger partial charge in [-0.25, -0.2) is 19.8 Å². The lowest BCUT2D eigenvalue weighted by molar-refractivity contribution is 0.673. The number of rotatable bonds is 8. The summed E-state index contributed by atoms with van der Waals surface area (Å²) in [6, 6.07) is 76.8. The molecule has 0 saturated carbocycles. The Bertz CT molecular complexity index is 5630. The van der Waals surface area contributed by atoms with Gasteiger partial charge in [0.05, 0.1) is 52.3 Å². The lowest BCUT2D eigenvalue weighted by Crippen LogP contribution is -2.08. The highest BCUT2D eigenvalue weighted by molar-refractivity contribution is 6.25. The van der Waals surface area contributed by atoms with Crippen LogP contribution in [0.25, 0.3) is 160 Å². The van der Waals surface area contributed by atoms with E-state index in [1.165, 1.54) is 5.56 Å². The molecule has 17 rings (SSSR count).